The fourth-order valence-electron chi connectivity index (χ4n) is 3.86. The average molecular weight is 364 g/mol. The number of carbonyl (C=O) groups excluding carboxylic acids is 1. The van der Waals surface area contributed by atoms with Crippen molar-refractivity contribution in [3.63, 3.8) is 0 Å². The summed E-state index contributed by atoms with van der Waals surface area (Å²) in [5.74, 6) is 0.878. The van der Waals surface area contributed by atoms with Gasteiger partial charge in [-0.3, -0.25) is 9.89 Å². The van der Waals surface area contributed by atoms with Crippen molar-refractivity contribution in [2.75, 3.05) is 6.54 Å². The zero-order valence-corrected chi connectivity index (χ0v) is 16.0. The van der Waals surface area contributed by atoms with E-state index in [0.717, 1.165) is 53.2 Å². The maximum absolute atomic E-state index is 13.0. The molecule has 3 aromatic rings. The van der Waals surface area contributed by atoms with E-state index in [2.05, 4.69) is 21.4 Å². The molecule has 0 unspecified atom stereocenters. The summed E-state index contributed by atoms with van der Waals surface area (Å²) < 4.78 is 5.53. The van der Waals surface area contributed by atoms with Crippen LogP contribution in [0.25, 0.3) is 11.3 Å². The van der Waals surface area contributed by atoms with Gasteiger partial charge >= 0.3 is 0 Å². The van der Waals surface area contributed by atoms with E-state index in [9.17, 15) is 4.79 Å². The van der Waals surface area contributed by atoms with E-state index in [4.69, 9.17) is 4.52 Å². The molecule has 1 aromatic carbocycles. The van der Waals surface area contributed by atoms with Crippen LogP contribution in [0.5, 0.6) is 0 Å². The molecular weight excluding hydrogens is 340 g/mol. The minimum absolute atomic E-state index is 0.00962. The van der Waals surface area contributed by atoms with Gasteiger partial charge in [0.05, 0.1) is 35.6 Å². The van der Waals surface area contributed by atoms with Gasteiger partial charge in [-0.05, 0) is 39.2 Å². The second-order valence-corrected chi connectivity index (χ2v) is 7.33. The summed E-state index contributed by atoms with van der Waals surface area (Å²) >= 11 is 0. The highest BCUT2D eigenvalue weighted by Gasteiger charge is 2.33. The van der Waals surface area contributed by atoms with Crippen LogP contribution in [0.4, 0.5) is 0 Å². The second-order valence-electron chi connectivity index (χ2n) is 7.33. The first-order chi connectivity index (χ1) is 13.0. The molecule has 3 heterocycles. The Bertz CT molecular complexity index is 972. The summed E-state index contributed by atoms with van der Waals surface area (Å²) in [6, 6.07) is 8.13. The van der Waals surface area contributed by atoms with Gasteiger partial charge in [0.2, 0.25) is 5.91 Å². The van der Waals surface area contributed by atoms with Crippen LogP contribution < -0.4 is 0 Å². The quantitative estimate of drug-likeness (QED) is 0.762. The van der Waals surface area contributed by atoms with Crippen molar-refractivity contribution in [1.29, 1.82) is 0 Å². The Hall–Kier alpha value is -2.89. The number of carbonyl (C=O) groups is 1. The number of likely N-dealkylation sites (tertiary alicyclic amines) is 1. The number of aryl methyl sites for hydroxylation is 2. The Morgan fingerprint density at radius 3 is 2.93 bits per heavy atom. The Labute approximate surface area is 158 Å². The van der Waals surface area contributed by atoms with Crippen LogP contribution in [0.2, 0.25) is 0 Å². The number of hydrogen-bond acceptors (Lipinski definition) is 4. The van der Waals surface area contributed by atoms with Gasteiger partial charge in [-0.15, -0.1) is 0 Å². The van der Waals surface area contributed by atoms with Crippen LogP contribution >= 0.6 is 0 Å². The van der Waals surface area contributed by atoms with Gasteiger partial charge in [-0.25, -0.2) is 0 Å². The third-order valence-electron chi connectivity index (χ3n) is 5.41. The summed E-state index contributed by atoms with van der Waals surface area (Å²) in [5.41, 5.74) is 5.93. The summed E-state index contributed by atoms with van der Waals surface area (Å²) in [4.78, 5) is 15.0. The molecule has 0 aliphatic carbocycles. The SMILES string of the molecule is Cc1cccc(CC(=O)N2CCC[C@@H]2c2[nH]ncc2-c2onc(C)c2C)c1. The smallest absolute Gasteiger partial charge is 0.227 e. The van der Waals surface area contributed by atoms with Gasteiger partial charge in [-0.1, -0.05) is 35.0 Å². The van der Waals surface area contributed by atoms with Crippen molar-refractivity contribution in [2.24, 2.45) is 0 Å². The van der Waals surface area contributed by atoms with Crippen LogP contribution in [-0.2, 0) is 11.2 Å². The van der Waals surface area contributed by atoms with Gasteiger partial charge < -0.3 is 9.42 Å². The molecule has 0 saturated carbocycles. The number of hydrogen-bond donors (Lipinski definition) is 1. The largest absolute Gasteiger partial charge is 0.356 e. The summed E-state index contributed by atoms with van der Waals surface area (Å²) in [5, 5.41) is 11.4. The molecule has 0 radical (unpaired) electrons. The minimum atomic E-state index is -0.00962. The molecule has 27 heavy (non-hydrogen) atoms. The van der Waals surface area contributed by atoms with E-state index in [0.29, 0.717) is 6.42 Å². The summed E-state index contributed by atoms with van der Waals surface area (Å²) in [6.45, 7) is 6.73. The lowest BCUT2D eigenvalue weighted by Crippen LogP contribution is -2.32. The fourth-order valence-corrected chi connectivity index (χ4v) is 3.86. The first kappa shape index (κ1) is 17.5. The topological polar surface area (TPSA) is 75.0 Å². The number of nitrogens with one attached hydrogen (secondary N) is 1. The molecule has 1 amide bonds. The highest BCUT2D eigenvalue weighted by Crippen LogP contribution is 2.38. The molecule has 1 saturated heterocycles. The molecule has 1 aliphatic heterocycles. The number of amides is 1. The molecular formula is C21H24N4O2. The lowest BCUT2D eigenvalue weighted by Gasteiger charge is -2.24. The van der Waals surface area contributed by atoms with Crippen LogP contribution in [0.3, 0.4) is 0 Å². The number of aromatic nitrogens is 3. The average Bonchev–Trinajstić information content (AvgIpc) is 3.35. The maximum Gasteiger partial charge on any atom is 0.227 e. The maximum atomic E-state index is 13.0. The van der Waals surface area contributed by atoms with Gasteiger partial charge in [0.15, 0.2) is 5.76 Å². The number of rotatable bonds is 4. The van der Waals surface area contributed by atoms with E-state index in [1.165, 1.54) is 5.56 Å². The predicted octanol–water partition coefficient (Wildman–Crippen LogP) is 3.90. The zero-order chi connectivity index (χ0) is 19.0. The molecule has 6 nitrogen and oxygen atoms in total. The van der Waals surface area contributed by atoms with Crippen LogP contribution in [0.1, 0.15) is 47.0 Å². The lowest BCUT2D eigenvalue weighted by atomic mass is 10.0. The standard InChI is InChI=1S/C21H24N4O2/c1-13-6-4-7-16(10-13)11-19(26)25-9-5-8-18(25)20-17(12-22-23-20)21-14(2)15(3)24-27-21/h4,6-7,10,12,18H,5,8-9,11H2,1-3H3,(H,22,23)/t18-/m1/s1. The molecule has 4 rings (SSSR count). The van der Waals surface area contributed by atoms with Crippen molar-refractivity contribution in [1.82, 2.24) is 20.3 Å². The molecule has 2 aromatic heterocycles. The summed E-state index contributed by atoms with van der Waals surface area (Å²) in [6.07, 6.45) is 4.09. The van der Waals surface area contributed by atoms with E-state index >= 15 is 0 Å². The molecule has 1 N–H and O–H groups in total. The lowest BCUT2D eigenvalue weighted by molar-refractivity contribution is -0.131. The summed E-state index contributed by atoms with van der Waals surface area (Å²) in [7, 11) is 0. The predicted molar refractivity (Wildman–Crippen MR) is 102 cm³/mol. The fraction of sp³-hybridized carbons (Fsp3) is 0.381. The minimum Gasteiger partial charge on any atom is -0.356 e. The Morgan fingerprint density at radius 2 is 2.19 bits per heavy atom. The number of H-pyrrole nitrogens is 1. The van der Waals surface area contributed by atoms with Crippen molar-refractivity contribution in [3.05, 3.63) is 58.5 Å². The van der Waals surface area contributed by atoms with E-state index in [1.807, 2.05) is 43.9 Å². The molecule has 6 heteroatoms. The van der Waals surface area contributed by atoms with Crippen molar-refractivity contribution < 1.29 is 9.32 Å². The Balaban J connectivity index is 1.60. The van der Waals surface area contributed by atoms with Crippen molar-refractivity contribution in [3.8, 4) is 11.3 Å². The number of aromatic amines is 1. The van der Waals surface area contributed by atoms with E-state index < -0.39 is 0 Å². The molecule has 0 bridgehead atoms. The molecule has 0 spiro atoms. The van der Waals surface area contributed by atoms with Crippen LogP contribution in [-0.4, -0.2) is 32.7 Å². The molecule has 1 atom stereocenters. The third kappa shape index (κ3) is 3.27. The second kappa shape index (κ2) is 7.02. The first-order valence-electron chi connectivity index (χ1n) is 9.36. The molecule has 1 aliphatic rings. The van der Waals surface area contributed by atoms with E-state index in [-0.39, 0.29) is 11.9 Å². The van der Waals surface area contributed by atoms with Gasteiger partial charge in [0.25, 0.3) is 0 Å². The normalized spacial score (nSPS) is 16.9. The van der Waals surface area contributed by atoms with Gasteiger partial charge in [0.1, 0.15) is 0 Å². The van der Waals surface area contributed by atoms with Gasteiger partial charge in [0, 0.05) is 12.1 Å². The van der Waals surface area contributed by atoms with Crippen LogP contribution in [0, 0.1) is 20.8 Å². The van der Waals surface area contributed by atoms with Crippen molar-refractivity contribution in [2.45, 2.75) is 46.1 Å². The highest BCUT2D eigenvalue weighted by molar-refractivity contribution is 5.80. The van der Waals surface area contributed by atoms with Crippen LogP contribution in [0.15, 0.2) is 35.0 Å². The molecule has 1 fully saturated rings. The van der Waals surface area contributed by atoms with Gasteiger partial charge in [-0.2, -0.15) is 5.10 Å². The first-order valence-corrected chi connectivity index (χ1v) is 9.36. The number of nitrogens with zero attached hydrogens (tertiary/aromatic N) is 3. The molecule has 140 valence electrons. The Kier molecular flexibility index (Phi) is 4.56. The Morgan fingerprint density at radius 1 is 1.33 bits per heavy atom. The van der Waals surface area contributed by atoms with Crippen molar-refractivity contribution >= 4 is 5.91 Å². The number of benzene rings is 1. The zero-order valence-electron chi connectivity index (χ0n) is 16.0. The van der Waals surface area contributed by atoms with E-state index in [1.54, 1.807) is 6.20 Å². The highest BCUT2D eigenvalue weighted by atomic mass is 16.5. The monoisotopic (exact) mass is 364 g/mol. The third-order valence-corrected chi connectivity index (χ3v) is 5.41.